The quantitative estimate of drug-likeness (QED) is 0.369. The molecule has 9 nitrogen and oxygen atoms in total. The predicted octanol–water partition coefficient (Wildman–Crippen LogP) is 2.52. The van der Waals surface area contributed by atoms with Crippen molar-refractivity contribution in [2.45, 2.75) is 38.5 Å². The average Bonchev–Trinajstić information content (AvgIpc) is 3.56. The van der Waals surface area contributed by atoms with Gasteiger partial charge in [-0.3, -0.25) is 23.5 Å². The van der Waals surface area contributed by atoms with E-state index in [9.17, 15) is 19.2 Å². The highest BCUT2D eigenvalue weighted by atomic mass is 16.2. The number of carbonyl (C=O) groups excluding carboxylic acids is 3. The first-order valence-corrected chi connectivity index (χ1v) is 13.1. The first-order chi connectivity index (χ1) is 19.0. The number of para-hydroxylation sites is 2. The number of aromatic nitrogens is 2. The first kappa shape index (κ1) is 26.0. The first-order valence-electron chi connectivity index (χ1n) is 13.1. The largest absolute Gasteiger partial charge is 0.357 e. The Morgan fingerprint density at radius 1 is 0.846 bits per heavy atom. The van der Waals surface area contributed by atoms with Gasteiger partial charge in [-0.25, -0.2) is 4.79 Å². The fraction of sp³-hybridized carbons (Fsp3) is 0.267. The van der Waals surface area contributed by atoms with Gasteiger partial charge in [-0.2, -0.15) is 0 Å². The minimum atomic E-state index is -0.530. The Bertz CT molecular complexity index is 1570. The van der Waals surface area contributed by atoms with E-state index in [2.05, 4.69) is 10.6 Å². The van der Waals surface area contributed by atoms with Gasteiger partial charge in [-0.15, -0.1) is 0 Å². The normalized spacial score (nSPS) is 14.9. The van der Waals surface area contributed by atoms with Crippen molar-refractivity contribution in [3.63, 3.8) is 0 Å². The fourth-order valence-electron chi connectivity index (χ4n) is 5.20. The maximum absolute atomic E-state index is 13.4. The van der Waals surface area contributed by atoms with E-state index in [0.29, 0.717) is 30.5 Å². The molecule has 200 valence electrons. The SMILES string of the molecule is CNC(=O)[C@@H]1CCCN1C(=O)Cn1c(=O)n(CC(=O)NCc2cccc(-c3ccccc3)c2)c2ccccc21. The molecule has 1 fully saturated rings. The lowest BCUT2D eigenvalue weighted by molar-refractivity contribution is -0.138. The van der Waals surface area contributed by atoms with Crippen LogP contribution in [0.2, 0.25) is 0 Å². The summed E-state index contributed by atoms with van der Waals surface area (Å²) in [7, 11) is 1.55. The van der Waals surface area contributed by atoms with Crippen molar-refractivity contribution >= 4 is 28.8 Å². The number of amides is 3. The number of hydrogen-bond acceptors (Lipinski definition) is 4. The van der Waals surface area contributed by atoms with E-state index in [0.717, 1.165) is 23.1 Å². The van der Waals surface area contributed by atoms with Crippen LogP contribution in [-0.2, 0) is 34.0 Å². The summed E-state index contributed by atoms with van der Waals surface area (Å²) in [6.07, 6.45) is 1.32. The molecule has 0 spiro atoms. The van der Waals surface area contributed by atoms with Gasteiger partial charge < -0.3 is 15.5 Å². The van der Waals surface area contributed by atoms with Gasteiger partial charge in [0.1, 0.15) is 19.1 Å². The third-order valence-electron chi connectivity index (χ3n) is 7.17. The Balaban J connectivity index is 1.31. The summed E-state index contributed by atoms with van der Waals surface area (Å²) in [5.41, 5.74) is 3.79. The molecular formula is C30H31N5O4. The third kappa shape index (κ3) is 5.47. The highest BCUT2D eigenvalue weighted by Gasteiger charge is 2.34. The number of benzene rings is 3. The zero-order chi connectivity index (χ0) is 27.4. The number of nitrogens with zero attached hydrogens (tertiary/aromatic N) is 3. The highest BCUT2D eigenvalue weighted by molar-refractivity contribution is 5.89. The molecule has 1 aromatic heterocycles. The molecule has 1 aliphatic rings. The summed E-state index contributed by atoms with van der Waals surface area (Å²) in [4.78, 5) is 53.3. The summed E-state index contributed by atoms with van der Waals surface area (Å²) in [5, 5.41) is 5.52. The number of carbonyl (C=O) groups is 3. The maximum atomic E-state index is 13.4. The van der Waals surface area contributed by atoms with Crippen molar-refractivity contribution < 1.29 is 14.4 Å². The second-order valence-electron chi connectivity index (χ2n) is 9.65. The number of likely N-dealkylation sites (N-methyl/N-ethyl adjacent to an activating group) is 1. The molecule has 0 bridgehead atoms. The van der Waals surface area contributed by atoms with Crippen LogP contribution in [0.1, 0.15) is 18.4 Å². The van der Waals surface area contributed by atoms with Gasteiger partial charge in [0.15, 0.2) is 0 Å². The monoisotopic (exact) mass is 525 g/mol. The molecule has 0 unspecified atom stereocenters. The second-order valence-corrected chi connectivity index (χ2v) is 9.65. The van der Waals surface area contributed by atoms with Crippen LogP contribution >= 0.6 is 0 Å². The number of likely N-dealkylation sites (tertiary alicyclic amines) is 1. The van der Waals surface area contributed by atoms with Gasteiger partial charge in [-0.05, 0) is 47.7 Å². The second kappa shape index (κ2) is 11.4. The summed E-state index contributed by atoms with van der Waals surface area (Å²) < 4.78 is 2.77. The van der Waals surface area contributed by atoms with Crippen LogP contribution in [0.3, 0.4) is 0 Å². The Morgan fingerprint density at radius 3 is 2.23 bits per heavy atom. The number of imidazole rings is 1. The van der Waals surface area contributed by atoms with Crippen molar-refractivity contribution in [2.24, 2.45) is 0 Å². The van der Waals surface area contributed by atoms with Crippen LogP contribution in [0.4, 0.5) is 0 Å². The Kier molecular flexibility index (Phi) is 7.58. The summed E-state index contributed by atoms with van der Waals surface area (Å²) in [6.45, 7) is 0.413. The third-order valence-corrected chi connectivity index (χ3v) is 7.17. The van der Waals surface area contributed by atoms with E-state index in [1.807, 2.05) is 54.6 Å². The van der Waals surface area contributed by atoms with Crippen LogP contribution in [0, 0.1) is 0 Å². The van der Waals surface area contributed by atoms with E-state index < -0.39 is 11.7 Å². The van der Waals surface area contributed by atoms with Gasteiger partial charge >= 0.3 is 5.69 Å². The number of rotatable bonds is 8. The Hall–Kier alpha value is -4.66. The Labute approximate surface area is 226 Å². The molecule has 2 heterocycles. The fourth-order valence-corrected chi connectivity index (χ4v) is 5.20. The average molecular weight is 526 g/mol. The molecule has 3 aromatic carbocycles. The molecule has 0 aliphatic carbocycles. The summed E-state index contributed by atoms with van der Waals surface area (Å²) in [6, 6.07) is 24.5. The standard InChI is InChI=1S/C30H31N5O4/c1-31-29(38)26-15-8-16-33(26)28(37)20-35-25-14-6-5-13-24(25)34(30(35)39)19-27(36)32-18-21-9-7-12-23(17-21)22-10-3-2-4-11-22/h2-7,9-14,17,26H,8,15-16,18-20H2,1H3,(H,31,38)(H,32,36)/t26-/m0/s1. The molecule has 39 heavy (non-hydrogen) atoms. The summed E-state index contributed by atoms with van der Waals surface area (Å²) >= 11 is 0. The zero-order valence-corrected chi connectivity index (χ0v) is 21.8. The van der Waals surface area contributed by atoms with Gasteiger partial charge in [0.25, 0.3) is 0 Å². The van der Waals surface area contributed by atoms with E-state index in [4.69, 9.17) is 0 Å². The molecule has 5 rings (SSSR count). The number of fused-ring (bicyclic) bond motifs is 1. The molecule has 9 heteroatoms. The lowest BCUT2D eigenvalue weighted by Gasteiger charge is -2.23. The smallest absolute Gasteiger partial charge is 0.330 e. The topological polar surface area (TPSA) is 105 Å². The van der Waals surface area contributed by atoms with Crippen molar-refractivity contribution in [2.75, 3.05) is 13.6 Å². The maximum Gasteiger partial charge on any atom is 0.330 e. The molecular weight excluding hydrogens is 494 g/mol. The number of nitrogens with one attached hydrogen (secondary N) is 2. The zero-order valence-electron chi connectivity index (χ0n) is 21.8. The van der Waals surface area contributed by atoms with Crippen molar-refractivity contribution in [3.05, 3.63) is 94.9 Å². The van der Waals surface area contributed by atoms with Crippen LogP contribution in [0.5, 0.6) is 0 Å². The summed E-state index contributed by atoms with van der Waals surface area (Å²) in [5.74, 6) is -0.814. The minimum absolute atomic E-state index is 0.177. The van der Waals surface area contributed by atoms with E-state index >= 15 is 0 Å². The van der Waals surface area contributed by atoms with Gasteiger partial charge in [-0.1, -0.05) is 60.7 Å². The predicted molar refractivity (Wildman–Crippen MR) is 149 cm³/mol. The minimum Gasteiger partial charge on any atom is -0.357 e. The van der Waals surface area contributed by atoms with E-state index in [-0.39, 0.29) is 30.8 Å². The van der Waals surface area contributed by atoms with Crippen LogP contribution < -0.4 is 16.3 Å². The lowest BCUT2D eigenvalue weighted by Crippen LogP contribution is -2.46. The van der Waals surface area contributed by atoms with Crippen molar-refractivity contribution in [1.82, 2.24) is 24.7 Å². The molecule has 1 saturated heterocycles. The lowest BCUT2D eigenvalue weighted by atomic mass is 10.0. The van der Waals surface area contributed by atoms with Crippen LogP contribution in [0.25, 0.3) is 22.2 Å². The van der Waals surface area contributed by atoms with Gasteiger partial charge in [0.2, 0.25) is 17.7 Å². The van der Waals surface area contributed by atoms with Crippen molar-refractivity contribution in [3.8, 4) is 11.1 Å². The van der Waals surface area contributed by atoms with Crippen LogP contribution in [-0.4, -0.2) is 51.4 Å². The molecule has 0 saturated carbocycles. The molecule has 4 aromatic rings. The van der Waals surface area contributed by atoms with Gasteiger partial charge in [0.05, 0.1) is 11.0 Å². The molecule has 0 radical (unpaired) electrons. The molecule has 1 atom stereocenters. The molecule has 1 aliphatic heterocycles. The molecule has 2 N–H and O–H groups in total. The van der Waals surface area contributed by atoms with E-state index in [1.54, 1.807) is 31.3 Å². The Morgan fingerprint density at radius 2 is 1.51 bits per heavy atom. The van der Waals surface area contributed by atoms with E-state index in [1.165, 1.54) is 14.0 Å². The van der Waals surface area contributed by atoms with Crippen LogP contribution in [0.15, 0.2) is 83.7 Å². The van der Waals surface area contributed by atoms with Crippen molar-refractivity contribution in [1.29, 1.82) is 0 Å². The molecule has 3 amide bonds. The number of hydrogen-bond donors (Lipinski definition) is 2. The highest BCUT2D eigenvalue weighted by Crippen LogP contribution is 2.21. The van der Waals surface area contributed by atoms with Gasteiger partial charge in [0, 0.05) is 20.1 Å².